The molecule has 0 aromatic heterocycles. The molecule has 0 radical (unpaired) electrons. The molecule has 2 N–H and O–H groups in total. The first-order valence-corrected chi connectivity index (χ1v) is 4.25. The molecule has 3 nitrogen and oxygen atoms in total. The Kier molecular flexibility index (Phi) is 3.47. The number of hydrogen-bond acceptors (Lipinski definition) is 2. The van der Waals surface area contributed by atoms with Gasteiger partial charge in [-0.15, -0.1) is 0 Å². The van der Waals surface area contributed by atoms with Gasteiger partial charge in [0.1, 0.15) is 6.67 Å². The molecule has 0 aromatic rings. The Morgan fingerprint density at radius 1 is 1.67 bits per heavy atom. The highest BCUT2D eigenvalue weighted by Gasteiger charge is 2.26. The first kappa shape index (κ1) is 9.45. The lowest BCUT2D eigenvalue weighted by Crippen LogP contribution is -2.43. The molecule has 0 saturated heterocycles. The lowest BCUT2D eigenvalue weighted by atomic mass is 9.84. The van der Waals surface area contributed by atoms with Crippen LogP contribution in [0.25, 0.3) is 0 Å². The van der Waals surface area contributed by atoms with E-state index in [2.05, 4.69) is 5.32 Å². The summed E-state index contributed by atoms with van der Waals surface area (Å²) in [6, 6.07) is -0.710. The molecule has 4 heteroatoms. The van der Waals surface area contributed by atoms with E-state index in [0.717, 1.165) is 19.3 Å². The number of halogens is 1. The lowest BCUT2D eigenvalue weighted by molar-refractivity contribution is -0.128. The molecule has 1 aliphatic rings. The lowest BCUT2D eigenvalue weighted by Gasteiger charge is -2.25. The number of alkyl halides is 1. The van der Waals surface area contributed by atoms with Gasteiger partial charge in [0.2, 0.25) is 5.91 Å². The average molecular weight is 175 g/mol. The summed E-state index contributed by atoms with van der Waals surface area (Å²) in [5.74, 6) is -0.0523. The van der Waals surface area contributed by atoms with Crippen LogP contribution in [0.3, 0.4) is 0 Å². The van der Waals surface area contributed by atoms with Crippen LogP contribution in [-0.4, -0.2) is 30.3 Å². The van der Waals surface area contributed by atoms with Gasteiger partial charge in [0.05, 0.1) is 12.6 Å². The molecule has 0 spiro atoms. The van der Waals surface area contributed by atoms with E-state index in [-0.39, 0.29) is 18.4 Å². The Morgan fingerprint density at radius 2 is 2.33 bits per heavy atom. The minimum absolute atomic E-state index is 0.0607. The fourth-order valence-electron chi connectivity index (χ4n) is 1.12. The van der Waals surface area contributed by atoms with Crippen molar-refractivity contribution in [3.8, 4) is 0 Å². The highest BCUT2D eigenvalue weighted by molar-refractivity contribution is 5.79. The van der Waals surface area contributed by atoms with Crippen LogP contribution in [0.4, 0.5) is 4.39 Å². The average Bonchev–Trinajstić information content (AvgIpc) is 1.96. The minimum Gasteiger partial charge on any atom is -0.394 e. The van der Waals surface area contributed by atoms with Crippen molar-refractivity contribution in [1.29, 1.82) is 0 Å². The molecule has 1 fully saturated rings. The molecule has 1 rings (SSSR count). The van der Waals surface area contributed by atoms with Crippen molar-refractivity contribution < 1.29 is 14.3 Å². The smallest absolute Gasteiger partial charge is 0.223 e. The van der Waals surface area contributed by atoms with E-state index in [1.807, 2.05) is 0 Å². The summed E-state index contributed by atoms with van der Waals surface area (Å²) in [5.41, 5.74) is 0. The Balaban J connectivity index is 2.23. The van der Waals surface area contributed by atoms with Crippen molar-refractivity contribution in [2.75, 3.05) is 13.3 Å². The van der Waals surface area contributed by atoms with Crippen molar-refractivity contribution in [1.82, 2.24) is 5.32 Å². The van der Waals surface area contributed by atoms with Gasteiger partial charge >= 0.3 is 0 Å². The molecule has 70 valence electrons. The Hall–Kier alpha value is -0.640. The van der Waals surface area contributed by atoms with E-state index in [1.165, 1.54) is 0 Å². The molecule has 1 saturated carbocycles. The Bertz CT molecular complexity index is 155. The van der Waals surface area contributed by atoms with Crippen LogP contribution in [0.1, 0.15) is 19.3 Å². The van der Waals surface area contributed by atoms with Crippen LogP contribution in [0.5, 0.6) is 0 Å². The van der Waals surface area contributed by atoms with Crippen LogP contribution in [0.15, 0.2) is 0 Å². The first-order chi connectivity index (χ1) is 5.77. The quantitative estimate of drug-likeness (QED) is 0.642. The SMILES string of the molecule is O=C(NC(CO)CF)C1CCC1. The van der Waals surface area contributed by atoms with Crippen molar-refractivity contribution in [3.05, 3.63) is 0 Å². The third kappa shape index (κ3) is 2.17. The van der Waals surface area contributed by atoms with Gasteiger partial charge in [0, 0.05) is 5.92 Å². The van der Waals surface area contributed by atoms with Gasteiger partial charge in [-0.2, -0.15) is 0 Å². The van der Waals surface area contributed by atoms with E-state index in [4.69, 9.17) is 5.11 Å². The standard InChI is InChI=1S/C8H14FNO2/c9-4-7(5-11)10-8(12)6-2-1-3-6/h6-7,11H,1-5H2,(H,10,12). The van der Waals surface area contributed by atoms with Crippen molar-refractivity contribution in [2.24, 2.45) is 5.92 Å². The summed E-state index contributed by atoms with van der Waals surface area (Å²) in [4.78, 5) is 11.2. The highest BCUT2D eigenvalue weighted by Crippen LogP contribution is 2.26. The fraction of sp³-hybridized carbons (Fsp3) is 0.875. The predicted octanol–water partition coefficient (Wildman–Crippen LogP) is 0.233. The molecule has 1 unspecified atom stereocenters. The van der Waals surface area contributed by atoms with E-state index < -0.39 is 12.7 Å². The number of rotatable bonds is 4. The molecule has 1 amide bonds. The molecule has 0 heterocycles. The van der Waals surface area contributed by atoms with Gasteiger partial charge in [-0.1, -0.05) is 6.42 Å². The summed E-state index contributed by atoms with van der Waals surface area (Å²) in [5, 5.41) is 11.0. The van der Waals surface area contributed by atoms with Gasteiger partial charge in [-0.25, -0.2) is 4.39 Å². The summed E-state index contributed by atoms with van der Waals surface area (Å²) >= 11 is 0. The second-order valence-corrected chi connectivity index (χ2v) is 3.17. The molecule has 0 aromatic carbocycles. The molecule has 1 atom stereocenters. The van der Waals surface area contributed by atoms with Crippen molar-refractivity contribution in [3.63, 3.8) is 0 Å². The third-order valence-electron chi connectivity index (χ3n) is 2.23. The van der Waals surface area contributed by atoms with Gasteiger partial charge in [-0.05, 0) is 12.8 Å². The number of hydrogen-bond donors (Lipinski definition) is 2. The zero-order valence-electron chi connectivity index (χ0n) is 6.92. The second-order valence-electron chi connectivity index (χ2n) is 3.17. The predicted molar refractivity (Wildman–Crippen MR) is 42.3 cm³/mol. The molecule has 0 aliphatic heterocycles. The monoisotopic (exact) mass is 175 g/mol. The number of nitrogens with one attached hydrogen (secondary N) is 1. The largest absolute Gasteiger partial charge is 0.394 e. The normalized spacial score (nSPS) is 19.8. The Morgan fingerprint density at radius 3 is 2.67 bits per heavy atom. The summed E-state index contributed by atoms with van der Waals surface area (Å²) in [6.07, 6.45) is 2.88. The van der Waals surface area contributed by atoms with Gasteiger partial charge in [-0.3, -0.25) is 4.79 Å². The van der Waals surface area contributed by atoms with Crippen LogP contribution < -0.4 is 5.32 Å². The third-order valence-corrected chi connectivity index (χ3v) is 2.23. The maximum absolute atomic E-state index is 12.0. The molecule has 12 heavy (non-hydrogen) atoms. The number of aliphatic hydroxyl groups excluding tert-OH is 1. The Labute approximate surface area is 71.0 Å². The van der Waals surface area contributed by atoms with Crippen LogP contribution >= 0.6 is 0 Å². The zero-order valence-corrected chi connectivity index (χ0v) is 6.92. The van der Waals surface area contributed by atoms with E-state index >= 15 is 0 Å². The molecule has 1 aliphatic carbocycles. The highest BCUT2D eigenvalue weighted by atomic mass is 19.1. The zero-order chi connectivity index (χ0) is 8.97. The molecular formula is C8H14FNO2. The second kappa shape index (κ2) is 4.40. The minimum atomic E-state index is -0.710. The van der Waals surface area contributed by atoms with Crippen LogP contribution in [-0.2, 0) is 4.79 Å². The summed E-state index contributed by atoms with van der Waals surface area (Å²) < 4.78 is 12.0. The topological polar surface area (TPSA) is 49.3 Å². The van der Waals surface area contributed by atoms with E-state index in [0.29, 0.717) is 0 Å². The molecule has 0 bridgehead atoms. The molecular weight excluding hydrogens is 161 g/mol. The first-order valence-electron chi connectivity index (χ1n) is 4.25. The van der Waals surface area contributed by atoms with Gasteiger partial charge in [0.15, 0.2) is 0 Å². The van der Waals surface area contributed by atoms with Crippen molar-refractivity contribution >= 4 is 5.91 Å². The summed E-state index contributed by atoms with van der Waals surface area (Å²) in [6.45, 7) is -1.02. The fourth-order valence-corrected chi connectivity index (χ4v) is 1.12. The number of carbonyl (C=O) groups is 1. The van der Waals surface area contributed by atoms with E-state index in [9.17, 15) is 9.18 Å². The summed E-state index contributed by atoms with van der Waals surface area (Å²) in [7, 11) is 0. The number of carbonyl (C=O) groups excluding carboxylic acids is 1. The van der Waals surface area contributed by atoms with Crippen molar-refractivity contribution in [2.45, 2.75) is 25.3 Å². The van der Waals surface area contributed by atoms with E-state index in [1.54, 1.807) is 0 Å². The number of amides is 1. The maximum atomic E-state index is 12.0. The van der Waals surface area contributed by atoms with Crippen LogP contribution in [0.2, 0.25) is 0 Å². The van der Waals surface area contributed by atoms with Gasteiger partial charge < -0.3 is 10.4 Å². The number of aliphatic hydroxyl groups is 1. The van der Waals surface area contributed by atoms with Gasteiger partial charge in [0.25, 0.3) is 0 Å². The van der Waals surface area contributed by atoms with Crippen LogP contribution in [0, 0.1) is 5.92 Å². The maximum Gasteiger partial charge on any atom is 0.223 e.